The number of rotatable bonds is 5. The van der Waals surface area contributed by atoms with Gasteiger partial charge < -0.3 is 9.47 Å². The third kappa shape index (κ3) is 2.53. The molecule has 6 heteroatoms. The van der Waals surface area contributed by atoms with Gasteiger partial charge in [0.1, 0.15) is 11.5 Å². The van der Waals surface area contributed by atoms with Gasteiger partial charge in [0.15, 0.2) is 12.6 Å². The normalized spacial score (nSPS) is 10.0. The first-order valence-corrected chi connectivity index (χ1v) is 4.19. The number of hydrogen-bond donors (Lipinski definition) is 0. The fourth-order valence-electron chi connectivity index (χ4n) is 1.15. The molecule has 1 aromatic carbocycles. The van der Waals surface area contributed by atoms with Gasteiger partial charge in [0.05, 0.1) is 18.2 Å². The number of alkyl halides is 2. The molecule has 16 heavy (non-hydrogen) atoms. The molecule has 0 spiro atoms. The Morgan fingerprint density at radius 1 is 1.12 bits per heavy atom. The van der Waals surface area contributed by atoms with Crippen LogP contribution in [0.5, 0.6) is 11.5 Å². The number of hydrogen-bond acceptors (Lipinski definition) is 4. The summed E-state index contributed by atoms with van der Waals surface area (Å²) in [7, 11) is 1.27. The van der Waals surface area contributed by atoms with Crippen LogP contribution in [0.1, 0.15) is 20.7 Å². The largest absolute Gasteiger partial charge is 0.496 e. The van der Waals surface area contributed by atoms with Gasteiger partial charge >= 0.3 is 6.61 Å². The molecule has 0 fully saturated rings. The lowest BCUT2D eigenvalue weighted by Gasteiger charge is -2.10. The summed E-state index contributed by atoms with van der Waals surface area (Å²) >= 11 is 0. The molecular formula is C10H8F2O4. The maximum absolute atomic E-state index is 12.0. The second kappa shape index (κ2) is 5.20. The molecule has 1 aromatic rings. The van der Waals surface area contributed by atoms with Crippen molar-refractivity contribution in [3.63, 3.8) is 0 Å². The van der Waals surface area contributed by atoms with Gasteiger partial charge in [-0.05, 0) is 6.07 Å². The molecule has 0 N–H and O–H groups in total. The molecule has 0 saturated carbocycles. The molecule has 0 aliphatic rings. The second-order valence-electron chi connectivity index (χ2n) is 2.75. The zero-order chi connectivity index (χ0) is 12.1. The van der Waals surface area contributed by atoms with Gasteiger partial charge in [-0.1, -0.05) is 0 Å². The summed E-state index contributed by atoms with van der Waals surface area (Å²) in [6, 6.07) is 2.19. The molecular weight excluding hydrogens is 222 g/mol. The first-order valence-electron chi connectivity index (χ1n) is 4.19. The van der Waals surface area contributed by atoms with E-state index in [1.807, 2.05) is 0 Å². The lowest BCUT2D eigenvalue weighted by atomic mass is 10.1. The lowest BCUT2D eigenvalue weighted by Crippen LogP contribution is -2.05. The van der Waals surface area contributed by atoms with E-state index in [1.54, 1.807) is 0 Å². The standard InChI is InChI=1S/C10H8F2O4/c1-15-8-3-9(16-10(11)12)7(5-14)2-6(8)4-13/h2-5,10H,1H3. The van der Waals surface area contributed by atoms with E-state index in [4.69, 9.17) is 4.74 Å². The number of carbonyl (C=O) groups is 2. The van der Waals surface area contributed by atoms with Gasteiger partial charge in [-0.3, -0.25) is 9.59 Å². The molecule has 0 aromatic heterocycles. The fraction of sp³-hybridized carbons (Fsp3) is 0.200. The Hall–Kier alpha value is -1.98. The topological polar surface area (TPSA) is 52.6 Å². The summed E-state index contributed by atoms with van der Waals surface area (Å²) < 4.78 is 32.9. The van der Waals surface area contributed by atoms with Crippen molar-refractivity contribution < 1.29 is 27.8 Å². The minimum absolute atomic E-state index is 0.0660. The highest BCUT2D eigenvalue weighted by Crippen LogP contribution is 2.28. The number of halogens is 2. The zero-order valence-corrected chi connectivity index (χ0v) is 8.28. The molecule has 0 unspecified atom stereocenters. The maximum atomic E-state index is 12.0. The van der Waals surface area contributed by atoms with E-state index in [9.17, 15) is 18.4 Å². The summed E-state index contributed by atoms with van der Waals surface area (Å²) in [6.45, 7) is -3.05. The van der Waals surface area contributed by atoms with Gasteiger partial charge in [-0.15, -0.1) is 0 Å². The zero-order valence-electron chi connectivity index (χ0n) is 8.28. The summed E-state index contributed by atoms with van der Waals surface area (Å²) in [4.78, 5) is 21.2. The van der Waals surface area contributed by atoms with Crippen molar-refractivity contribution in [1.82, 2.24) is 0 Å². The minimum Gasteiger partial charge on any atom is -0.496 e. The molecule has 0 aliphatic heterocycles. The first-order chi connectivity index (χ1) is 7.62. The van der Waals surface area contributed by atoms with Crippen molar-refractivity contribution in [2.75, 3.05) is 7.11 Å². The Morgan fingerprint density at radius 3 is 2.12 bits per heavy atom. The Bertz CT molecular complexity index is 404. The van der Waals surface area contributed by atoms with Gasteiger partial charge in [0.2, 0.25) is 0 Å². The molecule has 0 saturated heterocycles. The molecule has 0 bridgehead atoms. The summed E-state index contributed by atoms with van der Waals surface area (Å²) in [5.41, 5.74) is -0.0468. The van der Waals surface area contributed by atoms with Crippen LogP contribution < -0.4 is 9.47 Å². The fourth-order valence-corrected chi connectivity index (χ4v) is 1.15. The number of aldehydes is 2. The first kappa shape index (κ1) is 12.1. The highest BCUT2D eigenvalue weighted by atomic mass is 19.3. The highest BCUT2D eigenvalue weighted by molar-refractivity contribution is 5.87. The van der Waals surface area contributed by atoms with Gasteiger partial charge in [-0.25, -0.2) is 0 Å². The average Bonchev–Trinajstić information content (AvgIpc) is 2.27. The molecule has 0 amide bonds. The van der Waals surface area contributed by atoms with Gasteiger partial charge in [0.25, 0.3) is 0 Å². The quantitative estimate of drug-likeness (QED) is 0.725. The molecule has 4 nitrogen and oxygen atoms in total. The molecule has 0 radical (unpaired) electrons. The average molecular weight is 230 g/mol. The highest BCUT2D eigenvalue weighted by Gasteiger charge is 2.14. The van der Waals surface area contributed by atoms with E-state index in [2.05, 4.69) is 4.74 Å². The van der Waals surface area contributed by atoms with Crippen molar-refractivity contribution in [1.29, 1.82) is 0 Å². The van der Waals surface area contributed by atoms with Crippen LogP contribution in [0.2, 0.25) is 0 Å². The van der Waals surface area contributed by atoms with Crippen molar-refractivity contribution in [3.8, 4) is 11.5 Å². The third-order valence-electron chi connectivity index (χ3n) is 1.83. The Kier molecular flexibility index (Phi) is 3.93. The van der Waals surface area contributed by atoms with Crippen molar-refractivity contribution in [3.05, 3.63) is 23.3 Å². The maximum Gasteiger partial charge on any atom is 0.387 e. The molecule has 0 aliphatic carbocycles. The van der Waals surface area contributed by atoms with Gasteiger partial charge in [-0.2, -0.15) is 8.78 Å². The van der Waals surface area contributed by atoms with E-state index in [0.29, 0.717) is 12.6 Å². The van der Waals surface area contributed by atoms with Crippen LogP contribution in [0, 0.1) is 0 Å². The van der Waals surface area contributed by atoms with Crippen molar-refractivity contribution in [2.45, 2.75) is 6.61 Å². The number of ether oxygens (including phenoxy) is 2. The lowest BCUT2D eigenvalue weighted by molar-refractivity contribution is -0.0501. The smallest absolute Gasteiger partial charge is 0.387 e. The van der Waals surface area contributed by atoms with E-state index in [1.165, 1.54) is 7.11 Å². The third-order valence-corrected chi connectivity index (χ3v) is 1.83. The van der Waals surface area contributed by atoms with E-state index in [0.717, 1.165) is 12.1 Å². The van der Waals surface area contributed by atoms with Crippen molar-refractivity contribution in [2.24, 2.45) is 0 Å². The second-order valence-corrected chi connectivity index (χ2v) is 2.75. The van der Waals surface area contributed by atoms with Crippen molar-refractivity contribution >= 4 is 12.6 Å². The molecule has 0 atom stereocenters. The molecule has 86 valence electrons. The summed E-state index contributed by atoms with van der Waals surface area (Å²) in [6.07, 6.45) is 0.780. The van der Waals surface area contributed by atoms with Crippen LogP contribution in [-0.2, 0) is 0 Å². The number of methoxy groups -OCH3 is 1. The van der Waals surface area contributed by atoms with Crippen LogP contribution in [-0.4, -0.2) is 26.3 Å². The minimum atomic E-state index is -3.05. The van der Waals surface area contributed by atoms with E-state index in [-0.39, 0.29) is 22.6 Å². The Balaban J connectivity index is 3.25. The van der Waals surface area contributed by atoms with Crippen LogP contribution in [0.15, 0.2) is 12.1 Å². The number of benzene rings is 1. The molecule has 0 heterocycles. The monoisotopic (exact) mass is 230 g/mol. The SMILES string of the molecule is COc1cc(OC(F)F)c(C=O)cc1C=O. The molecule has 1 rings (SSSR count). The Morgan fingerprint density at radius 2 is 1.69 bits per heavy atom. The number of carbonyl (C=O) groups excluding carboxylic acids is 2. The van der Waals surface area contributed by atoms with E-state index < -0.39 is 6.61 Å². The summed E-state index contributed by atoms with van der Waals surface area (Å²) in [5.74, 6) is -0.260. The van der Waals surface area contributed by atoms with E-state index >= 15 is 0 Å². The predicted molar refractivity (Wildman–Crippen MR) is 50.4 cm³/mol. The van der Waals surface area contributed by atoms with Crippen LogP contribution in [0.25, 0.3) is 0 Å². The Labute approximate surface area is 89.8 Å². The van der Waals surface area contributed by atoms with Gasteiger partial charge in [0, 0.05) is 6.07 Å². The predicted octanol–water partition coefficient (Wildman–Crippen LogP) is 1.92. The van der Waals surface area contributed by atoms with Crippen LogP contribution in [0.3, 0.4) is 0 Å². The van der Waals surface area contributed by atoms with Crippen LogP contribution >= 0.6 is 0 Å². The summed E-state index contributed by atoms with van der Waals surface area (Å²) in [5, 5.41) is 0. The van der Waals surface area contributed by atoms with Crippen LogP contribution in [0.4, 0.5) is 8.78 Å².